The van der Waals surface area contributed by atoms with Gasteiger partial charge in [-0.3, -0.25) is 18.6 Å². The van der Waals surface area contributed by atoms with Crippen molar-refractivity contribution in [2.75, 3.05) is 13.2 Å². The molecule has 0 aromatic heterocycles. The maximum Gasteiger partial charge on any atom is 0.472 e. The van der Waals surface area contributed by atoms with Gasteiger partial charge in [0, 0.05) is 12.8 Å². The van der Waals surface area contributed by atoms with Crippen molar-refractivity contribution in [3.8, 4) is 0 Å². The number of carbonyl (C=O) groups is 2. The van der Waals surface area contributed by atoms with Gasteiger partial charge in [-0.2, -0.15) is 0 Å². The van der Waals surface area contributed by atoms with Crippen LogP contribution in [0.4, 0.5) is 0 Å². The first-order chi connectivity index (χ1) is 27.4. The molecule has 0 spiro atoms. The van der Waals surface area contributed by atoms with E-state index < -0.39 is 75.7 Å². The van der Waals surface area contributed by atoms with Crippen LogP contribution in [-0.2, 0) is 32.7 Å². The second-order valence-electron chi connectivity index (χ2n) is 15.6. The first-order valence-corrected chi connectivity index (χ1v) is 23.6. The van der Waals surface area contributed by atoms with Crippen molar-refractivity contribution in [3.05, 3.63) is 24.3 Å². The highest BCUT2D eigenvalue weighted by Gasteiger charge is 2.51. The molecule has 1 aliphatic carbocycles. The van der Waals surface area contributed by atoms with Crippen LogP contribution in [0.15, 0.2) is 24.3 Å². The molecule has 0 aromatic rings. The van der Waals surface area contributed by atoms with E-state index >= 15 is 0 Å². The summed E-state index contributed by atoms with van der Waals surface area (Å²) in [6.45, 7) is 3.23. The number of phosphoric ester groups is 1. The fraction of sp³-hybridized carbons (Fsp3) is 0.860. The Morgan fingerprint density at radius 2 is 0.947 bits per heavy atom. The number of hydrogen-bond donors (Lipinski definition) is 6. The number of phosphoric acid groups is 1. The van der Waals surface area contributed by atoms with Crippen molar-refractivity contribution in [1.29, 1.82) is 0 Å². The fourth-order valence-corrected chi connectivity index (χ4v) is 7.64. The second-order valence-corrected chi connectivity index (χ2v) is 17.0. The van der Waals surface area contributed by atoms with Gasteiger partial charge in [-0.1, -0.05) is 147 Å². The maximum atomic E-state index is 12.8. The molecule has 0 aromatic carbocycles. The summed E-state index contributed by atoms with van der Waals surface area (Å²) in [5, 5.41) is 50.0. The van der Waals surface area contributed by atoms with Crippen molar-refractivity contribution in [2.45, 2.75) is 224 Å². The summed E-state index contributed by atoms with van der Waals surface area (Å²) in [4.78, 5) is 35.5. The number of carbonyl (C=O) groups excluding carboxylic acids is 2. The molecule has 1 aliphatic rings. The molecule has 0 bridgehead atoms. The minimum Gasteiger partial charge on any atom is -0.462 e. The molecular formula is C43H79O13P. The Morgan fingerprint density at radius 3 is 1.46 bits per heavy atom. The molecule has 6 unspecified atom stereocenters. The summed E-state index contributed by atoms with van der Waals surface area (Å²) in [5.41, 5.74) is 0. The lowest BCUT2D eigenvalue weighted by Gasteiger charge is -2.41. The topological polar surface area (TPSA) is 210 Å². The Morgan fingerprint density at radius 1 is 0.544 bits per heavy atom. The molecule has 8 atom stereocenters. The molecule has 0 aliphatic heterocycles. The quantitative estimate of drug-likeness (QED) is 0.0153. The summed E-state index contributed by atoms with van der Waals surface area (Å²) < 4.78 is 33.4. The van der Waals surface area contributed by atoms with Crippen LogP contribution in [0.1, 0.15) is 181 Å². The number of rotatable bonds is 36. The first-order valence-electron chi connectivity index (χ1n) is 22.1. The van der Waals surface area contributed by atoms with Crippen molar-refractivity contribution in [3.63, 3.8) is 0 Å². The summed E-state index contributed by atoms with van der Waals surface area (Å²) in [6.07, 6.45) is 22.5. The van der Waals surface area contributed by atoms with Crippen LogP contribution < -0.4 is 0 Å². The zero-order chi connectivity index (χ0) is 42.2. The lowest BCUT2D eigenvalue weighted by Crippen LogP contribution is -2.64. The smallest absolute Gasteiger partial charge is 0.462 e. The summed E-state index contributed by atoms with van der Waals surface area (Å²) in [7, 11) is -5.11. The summed E-state index contributed by atoms with van der Waals surface area (Å²) in [5.74, 6) is -1.10. The number of aliphatic hydroxyl groups excluding tert-OH is 5. The van der Waals surface area contributed by atoms with E-state index in [1.54, 1.807) is 0 Å². The fourth-order valence-electron chi connectivity index (χ4n) is 6.67. The number of ether oxygens (including phenoxy) is 2. The predicted octanol–water partition coefficient (Wildman–Crippen LogP) is 8.06. The van der Waals surface area contributed by atoms with E-state index in [1.165, 1.54) is 77.0 Å². The Balaban J connectivity index is 2.41. The third-order valence-corrected chi connectivity index (χ3v) is 11.3. The van der Waals surface area contributed by atoms with Gasteiger partial charge in [-0.15, -0.1) is 0 Å². The highest BCUT2D eigenvalue weighted by atomic mass is 31.2. The molecule has 14 heteroatoms. The van der Waals surface area contributed by atoms with Gasteiger partial charge >= 0.3 is 19.8 Å². The first kappa shape index (κ1) is 53.3. The van der Waals surface area contributed by atoms with E-state index in [1.807, 2.05) is 0 Å². The number of hydrogen-bond acceptors (Lipinski definition) is 12. The van der Waals surface area contributed by atoms with Crippen LogP contribution in [0.5, 0.6) is 0 Å². The van der Waals surface area contributed by atoms with E-state index in [9.17, 15) is 44.6 Å². The van der Waals surface area contributed by atoms with Crippen molar-refractivity contribution in [1.82, 2.24) is 0 Å². The molecule has 13 nitrogen and oxygen atoms in total. The molecule has 1 fully saturated rings. The van der Waals surface area contributed by atoms with Gasteiger partial charge in [-0.05, 0) is 44.9 Å². The zero-order valence-electron chi connectivity index (χ0n) is 35.1. The minimum atomic E-state index is -5.11. The highest BCUT2D eigenvalue weighted by Crippen LogP contribution is 2.47. The molecule has 0 saturated heterocycles. The monoisotopic (exact) mass is 835 g/mol. The van der Waals surface area contributed by atoms with Crippen LogP contribution in [0.2, 0.25) is 0 Å². The minimum absolute atomic E-state index is 0.0981. The maximum absolute atomic E-state index is 12.8. The van der Waals surface area contributed by atoms with Crippen LogP contribution in [-0.4, -0.2) is 98.3 Å². The van der Waals surface area contributed by atoms with Gasteiger partial charge in [0.2, 0.25) is 0 Å². The van der Waals surface area contributed by atoms with E-state index in [-0.39, 0.29) is 12.8 Å². The Hall–Kier alpha value is -1.67. The average molecular weight is 835 g/mol. The van der Waals surface area contributed by atoms with Crippen LogP contribution in [0, 0.1) is 0 Å². The van der Waals surface area contributed by atoms with Crippen LogP contribution in [0.25, 0.3) is 0 Å². The Kier molecular flexibility index (Phi) is 31.9. The van der Waals surface area contributed by atoms with Gasteiger partial charge in [0.05, 0.1) is 6.61 Å². The number of aliphatic hydroxyl groups is 5. The molecule has 1 saturated carbocycles. The number of allylic oxidation sites excluding steroid dienone is 4. The van der Waals surface area contributed by atoms with Crippen molar-refractivity contribution in [2.24, 2.45) is 0 Å². The molecule has 0 radical (unpaired) electrons. The summed E-state index contributed by atoms with van der Waals surface area (Å²) in [6, 6.07) is 0. The SMILES string of the molecule is CCCCC/C=C\C/C=C\CCCCCCCCCCCC(=O)OC[C@H](COP(=O)(O)OC1C(O)C(O)C(O)[C@@H](O)C1O)OC(=O)CCCCCCCCCCC. The molecule has 0 heterocycles. The van der Waals surface area contributed by atoms with Gasteiger partial charge in [0.15, 0.2) is 6.10 Å². The Labute approximate surface area is 343 Å². The molecule has 6 N–H and O–H groups in total. The lowest BCUT2D eigenvalue weighted by molar-refractivity contribution is -0.220. The summed E-state index contributed by atoms with van der Waals surface area (Å²) >= 11 is 0. The van der Waals surface area contributed by atoms with Crippen molar-refractivity contribution >= 4 is 19.8 Å². The largest absolute Gasteiger partial charge is 0.472 e. The normalized spacial score (nSPS) is 22.9. The molecular weight excluding hydrogens is 755 g/mol. The van der Waals surface area contributed by atoms with Crippen molar-refractivity contribution < 1.29 is 63.1 Å². The molecule has 57 heavy (non-hydrogen) atoms. The van der Waals surface area contributed by atoms with E-state index in [0.29, 0.717) is 12.8 Å². The standard InChI is InChI=1S/C43H79O13P/c1-3-5-7-9-11-13-14-15-16-17-18-19-20-21-22-24-25-27-29-31-36(44)53-33-35(55-37(45)32-30-28-26-23-12-10-8-6-4-2)34-54-57(51,52)56-43-41(49)39(47)38(46)40(48)42(43)50/h11,13,15-16,35,38-43,46-50H,3-10,12,14,17-34H2,1-2H3,(H,51,52)/b13-11-,16-15-/t35-,38?,39-,40?,41?,42?,43?/m1/s1. The molecule has 0 amide bonds. The molecule has 1 rings (SSSR count). The van der Waals surface area contributed by atoms with Crippen LogP contribution >= 0.6 is 7.82 Å². The highest BCUT2D eigenvalue weighted by molar-refractivity contribution is 7.47. The van der Waals surface area contributed by atoms with E-state index in [0.717, 1.165) is 64.2 Å². The average Bonchev–Trinajstić information content (AvgIpc) is 3.19. The van der Waals surface area contributed by atoms with Crippen LogP contribution in [0.3, 0.4) is 0 Å². The third-order valence-electron chi connectivity index (χ3n) is 10.3. The van der Waals surface area contributed by atoms with Gasteiger partial charge in [0.1, 0.15) is 43.2 Å². The van der Waals surface area contributed by atoms with E-state index in [4.69, 9.17) is 18.5 Å². The number of unbranched alkanes of at least 4 members (excludes halogenated alkanes) is 20. The van der Waals surface area contributed by atoms with Gasteiger partial charge in [-0.25, -0.2) is 4.57 Å². The zero-order valence-corrected chi connectivity index (χ0v) is 36.0. The lowest BCUT2D eigenvalue weighted by atomic mass is 9.85. The van der Waals surface area contributed by atoms with Gasteiger partial charge < -0.3 is 39.9 Å². The third kappa shape index (κ3) is 26.9. The second kappa shape index (κ2) is 34.1. The van der Waals surface area contributed by atoms with Gasteiger partial charge in [0.25, 0.3) is 0 Å². The Bertz CT molecular complexity index is 1100. The molecule has 334 valence electrons. The van der Waals surface area contributed by atoms with E-state index in [2.05, 4.69) is 38.2 Å². The number of esters is 2. The predicted molar refractivity (Wildman–Crippen MR) is 221 cm³/mol.